The molecule has 0 aromatic heterocycles. The molecule has 2 heteroatoms. The van der Waals surface area contributed by atoms with Crippen LogP contribution in [0.2, 0.25) is 0 Å². The minimum Gasteiger partial charge on any atom is -0.303 e. The van der Waals surface area contributed by atoms with E-state index in [1.165, 1.54) is 0 Å². The standard InChI is InChI=1S/C10H16O2/c1-3-5-10(8-11)7-4-6-9(2)12/h3,8,10H,1,4-7H2,2H3/t10-/m0/s1. The molecular formula is C10H16O2. The SMILES string of the molecule is C=CC[C@H](C=O)CCCC(C)=O. The number of hydrogen-bond acceptors (Lipinski definition) is 2. The molecule has 0 spiro atoms. The zero-order valence-electron chi connectivity index (χ0n) is 7.58. The van der Waals surface area contributed by atoms with Crippen molar-refractivity contribution in [1.82, 2.24) is 0 Å². The minimum atomic E-state index is 0.0573. The summed E-state index contributed by atoms with van der Waals surface area (Å²) in [5.74, 6) is 0.250. The van der Waals surface area contributed by atoms with Crippen molar-refractivity contribution in [3.8, 4) is 0 Å². The van der Waals surface area contributed by atoms with E-state index in [4.69, 9.17) is 0 Å². The molecule has 68 valence electrons. The largest absolute Gasteiger partial charge is 0.303 e. The van der Waals surface area contributed by atoms with Crippen LogP contribution in [0.4, 0.5) is 0 Å². The Morgan fingerprint density at radius 3 is 2.67 bits per heavy atom. The molecular weight excluding hydrogens is 152 g/mol. The first-order valence-electron chi connectivity index (χ1n) is 4.26. The topological polar surface area (TPSA) is 34.1 Å². The highest BCUT2D eigenvalue weighted by atomic mass is 16.1. The molecule has 0 fully saturated rings. The second-order valence-corrected chi connectivity index (χ2v) is 3.01. The quantitative estimate of drug-likeness (QED) is 0.431. The number of rotatable bonds is 7. The Kier molecular flexibility index (Phi) is 6.25. The summed E-state index contributed by atoms with van der Waals surface area (Å²) in [6, 6.07) is 0. The number of carbonyl (C=O) groups is 2. The maximum Gasteiger partial charge on any atom is 0.129 e. The molecule has 2 nitrogen and oxygen atoms in total. The number of carbonyl (C=O) groups excluding carboxylic acids is 2. The van der Waals surface area contributed by atoms with Crippen LogP contribution in [0, 0.1) is 5.92 Å². The Hall–Kier alpha value is -0.920. The number of allylic oxidation sites excluding steroid dienone is 1. The lowest BCUT2D eigenvalue weighted by Crippen LogP contribution is -2.01. The van der Waals surface area contributed by atoms with Gasteiger partial charge in [0.25, 0.3) is 0 Å². The Morgan fingerprint density at radius 1 is 1.58 bits per heavy atom. The van der Waals surface area contributed by atoms with Gasteiger partial charge in [0, 0.05) is 12.3 Å². The first-order chi connectivity index (χ1) is 5.70. The highest BCUT2D eigenvalue weighted by Crippen LogP contribution is 2.10. The Balaban J connectivity index is 3.50. The van der Waals surface area contributed by atoms with Crippen molar-refractivity contribution in [3.63, 3.8) is 0 Å². The normalized spacial score (nSPS) is 12.1. The van der Waals surface area contributed by atoms with E-state index in [1.807, 2.05) is 0 Å². The first-order valence-corrected chi connectivity index (χ1v) is 4.26. The van der Waals surface area contributed by atoms with Gasteiger partial charge in [-0.3, -0.25) is 0 Å². The lowest BCUT2D eigenvalue weighted by atomic mass is 9.99. The Bertz CT molecular complexity index is 161. The molecule has 0 radical (unpaired) electrons. The second kappa shape index (κ2) is 6.77. The van der Waals surface area contributed by atoms with Crippen LogP contribution in [-0.4, -0.2) is 12.1 Å². The molecule has 0 aliphatic heterocycles. The monoisotopic (exact) mass is 168 g/mol. The van der Waals surface area contributed by atoms with Gasteiger partial charge in [0.1, 0.15) is 12.1 Å². The first kappa shape index (κ1) is 11.1. The van der Waals surface area contributed by atoms with E-state index in [-0.39, 0.29) is 11.7 Å². The zero-order valence-corrected chi connectivity index (χ0v) is 7.58. The molecule has 0 aromatic rings. The van der Waals surface area contributed by atoms with Gasteiger partial charge in [-0.2, -0.15) is 0 Å². The summed E-state index contributed by atoms with van der Waals surface area (Å²) in [7, 11) is 0. The van der Waals surface area contributed by atoms with Gasteiger partial charge in [0.2, 0.25) is 0 Å². The fraction of sp³-hybridized carbons (Fsp3) is 0.600. The number of hydrogen-bond donors (Lipinski definition) is 0. The predicted molar refractivity (Wildman–Crippen MR) is 48.9 cm³/mol. The van der Waals surface area contributed by atoms with E-state index < -0.39 is 0 Å². The van der Waals surface area contributed by atoms with Gasteiger partial charge in [-0.15, -0.1) is 6.58 Å². The predicted octanol–water partition coefficient (Wildman–Crippen LogP) is 2.14. The van der Waals surface area contributed by atoms with Crippen LogP contribution in [0.15, 0.2) is 12.7 Å². The average Bonchev–Trinajstić information content (AvgIpc) is 2.02. The van der Waals surface area contributed by atoms with Crippen LogP contribution < -0.4 is 0 Å². The van der Waals surface area contributed by atoms with E-state index in [1.54, 1.807) is 13.0 Å². The summed E-state index contributed by atoms with van der Waals surface area (Å²) in [5, 5.41) is 0. The summed E-state index contributed by atoms with van der Waals surface area (Å²) in [6.45, 7) is 5.14. The van der Waals surface area contributed by atoms with Crippen LogP contribution in [0.1, 0.15) is 32.6 Å². The van der Waals surface area contributed by atoms with Crippen molar-refractivity contribution < 1.29 is 9.59 Å². The van der Waals surface area contributed by atoms with E-state index in [2.05, 4.69) is 6.58 Å². The van der Waals surface area contributed by atoms with Crippen molar-refractivity contribution in [3.05, 3.63) is 12.7 Å². The highest BCUT2D eigenvalue weighted by Gasteiger charge is 2.04. The Labute approximate surface area is 73.7 Å². The molecule has 0 bridgehead atoms. The molecule has 0 unspecified atom stereocenters. The second-order valence-electron chi connectivity index (χ2n) is 3.01. The molecule has 0 saturated heterocycles. The summed E-state index contributed by atoms with van der Waals surface area (Å²) in [4.78, 5) is 21.0. The van der Waals surface area contributed by atoms with Crippen molar-refractivity contribution in [2.75, 3.05) is 0 Å². The fourth-order valence-corrected chi connectivity index (χ4v) is 1.07. The third-order valence-corrected chi connectivity index (χ3v) is 1.77. The highest BCUT2D eigenvalue weighted by molar-refractivity contribution is 5.75. The number of Topliss-reactive ketones (excluding diaryl/α,β-unsaturated/α-hetero) is 1. The lowest BCUT2D eigenvalue weighted by molar-refractivity contribution is -0.117. The number of ketones is 1. The molecule has 0 amide bonds. The van der Waals surface area contributed by atoms with E-state index >= 15 is 0 Å². The van der Waals surface area contributed by atoms with Gasteiger partial charge < -0.3 is 9.59 Å². The van der Waals surface area contributed by atoms with Crippen molar-refractivity contribution in [2.45, 2.75) is 32.6 Å². The van der Waals surface area contributed by atoms with Gasteiger partial charge in [-0.1, -0.05) is 6.08 Å². The summed E-state index contributed by atoms with van der Waals surface area (Å²) in [6.07, 6.45) is 5.61. The van der Waals surface area contributed by atoms with Crippen LogP contribution >= 0.6 is 0 Å². The molecule has 0 rings (SSSR count). The van der Waals surface area contributed by atoms with E-state index in [0.717, 1.165) is 25.5 Å². The van der Waals surface area contributed by atoms with Gasteiger partial charge in [-0.25, -0.2) is 0 Å². The van der Waals surface area contributed by atoms with Crippen LogP contribution in [0.5, 0.6) is 0 Å². The number of aldehydes is 1. The zero-order chi connectivity index (χ0) is 9.40. The molecule has 1 atom stereocenters. The third kappa shape index (κ3) is 5.83. The molecule has 12 heavy (non-hydrogen) atoms. The fourth-order valence-electron chi connectivity index (χ4n) is 1.07. The van der Waals surface area contributed by atoms with Gasteiger partial charge in [0.15, 0.2) is 0 Å². The van der Waals surface area contributed by atoms with Gasteiger partial charge in [0.05, 0.1) is 0 Å². The van der Waals surface area contributed by atoms with Gasteiger partial charge in [-0.05, 0) is 26.2 Å². The third-order valence-electron chi connectivity index (χ3n) is 1.77. The minimum absolute atomic E-state index is 0.0573. The van der Waals surface area contributed by atoms with Gasteiger partial charge >= 0.3 is 0 Å². The van der Waals surface area contributed by atoms with E-state index in [0.29, 0.717) is 6.42 Å². The molecule has 0 heterocycles. The van der Waals surface area contributed by atoms with Crippen molar-refractivity contribution in [1.29, 1.82) is 0 Å². The smallest absolute Gasteiger partial charge is 0.129 e. The maximum atomic E-state index is 10.6. The molecule has 0 saturated carbocycles. The van der Waals surface area contributed by atoms with Crippen molar-refractivity contribution >= 4 is 12.1 Å². The van der Waals surface area contributed by atoms with Crippen LogP contribution in [-0.2, 0) is 9.59 Å². The Morgan fingerprint density at radius 2 is 2.25 bits per heavy atom. The molecule has 0 aromatic carbocycles. The van der Waals surface area contributed by atoms with Crippen LogP contribution in [0.3, 0.4) is 0 Å². The average molecular weight is 168 g/mol. The lowest BCUT2D eigenvalue weighted by Gasteiger charge is -2.04. The maximum absolute atomic E-state index is 10.6. The molecule has 0 aliphatic carbocycles. The van der Waals surface area contributed by atoms with E-state index in [9.17, 15) is 9.59 Å². The molecule has 0 aliphatic rings. The summed E-state index contributed by atoms with van der Waals surface area (Å²) < 4.78 is 0. The van der Waals surface area contributed by atoms with Crippen molar-refractivity contribution in [2.24, 2.45) is 5.92 Å². The molecule has 0 N–H and O–H groups in total. The summed E-state index contributed by atoms with van der Waals surface area (Å²) in [5.41, 5.74) is 0. The summed E-state index contributed by atoms with van der Waals surface area (Å²) >= 11 is 0. The van der Waals surface area contributed by atoms with Crippen LogP contribution in [0.25, 0.3) is 0 Å².